The van der Waals surface area contributed by atoms with Crippen LogP contribution in [0.25, 0.3) is 0 Å². The number of carboxylic acid groups (broad SMARTS) is 2. The second kappa shape index (κ2) is 4.07. The maximum Gasteiger partial charge on any atom is 0.310 e. The summed E-state index contributed by atoms with van der Waals surface area (Å²) in [7, 11) is 0. The normalized spacial score (nSPS) is 28.0. The Bertz CT molecular complexity index is 244. The van der Waals surface area contributed by atoms with Gasteiger partial charge in [-0.2, -0.15) is 0 Å². The Labute approximate surface area is 75.9 Å². The highest BCUT2D eigenvalue weighted by molar-refractivity contribution is 5.73. The molecular weight excluding hydrogens is 172 g/mol. The Hall–Kier alpha value is -1.32. The van der Waals surface area contributed by atoms with Crippen LogP contribution in [0.3, 0.4) is 0 Å². The Balaban J connectivity index is 2.58. The van der Waals surface area contributed by atoms with Crippen LogP contribution in [0.4, 0.5) is 0 Å². The summed E-state index contributed by atoms with van der Waals surface area (Å²) in [6.07, 6.45) is 4.55. The molecule has 4 heteroatoms. The lowest BCUT2D eigenvalue weighted by atomic mass is 9.98. The zero-order valence-corrected chi connectivity index (χ0v) is 7.14. The van der Waals surface area contributed by atoms with E-state index in [0.717, 1.165) is 0 Å². The van der Waals surface area contributed by atoms with Gasteiger partial charge >= 0.3 is 11.9 Å². The maximum atomic E-state index is 10.6. The van der Waals surface area contributed by atoms with Crippen molar-refractivity contribution in [3.05, 3.63) is 12.2 Å². The van der Waals surface area contributed by atoms with Gasteiger partial charge in [-0.05, 0) is 19.3 Å². The maximum absolute atomic E-state index is 10.6. The predicted octanol–water partition coefficient (Wildman–Crippen LogP) is 1.13. The van der Waals surface area contributed by atoms with Crippen LogP contribution in [-0.4, -0.2) is 22.2 Å². The molecule has 0 radical (unpaired) electrons. The van der Waals surface area contributed by atoms with Crippen molar-refractivity contribution >= 4 is 11.9 Å². The summed E-state index contributed by atoms with van der Waals surface area (Å²) in [5.74, 6) is -2.64. The first-order valence-corrected chi connectivity index (χ1v) is 4.23. The molecule has 0 fully saturated rings. The van der Waals surface area contributed by atoms with Crippen molar-refractivity contribution in [3.63, 3.8) is 0 Å². The van der Waals surface area contributed by atoms with E-state index in [-0.39, 0.29) is 0 Å². The molecule has 2 N–H and O–H groups in total. The number of carbonyl (C=O) groups is 2. The lowest BCUT2D eigenvalue weighted by Crippen LogP contribution is -2.14. The number of hydrogen-bond donors (Lipinski definition) is 2. The molecule has 2 atom stereocenters. The van der Waals surface area contributed by atoms with Crippen LogP contribution < -0.4 is 0 Å². The van der Waals surface area contributed by atoms with Gasteiger partial charge in [0, 0.05) is 0 Å². The van der Waals surface area contributed by atoms with Crippen LogP contribution in [0, 0.1) is 11.8 Å². The summed E-state index contributed by atoms with van der Waals surface area (Å²) < 4.78 is 0. The van der Waals surface area contributed by atoms with Crippen molar-refractivity contribution in [2.24, 2.45) is 11.8 Å². The highest BCUT2D eigenvalue weighted by Crippen LogP contribution is 2.22. The third-order valence-corrected chi connectivity index (χ3v) is 2.28. The monoisotopic (exact) mass is 184 g/mol. The number of hydrogen-bond acceptors (Lipinski definition) is 2. The Kier molecular flexibility index (Phi) is 3.06. The summed E-state index contributed by atoms with van der Waals surface area (Å²) >= 11 is 0. The zero-order chi connectivity index (χ0) is 9.84. The van der Waals surface area contributed by atoms with Gasteiger partial charge in [-0.25, -0.2) is 0 Å². The van der Waals surface area contributed by atoms with E-state index in [0.29, 0.717) is 19.3 Å². The topological polar surface area (TPSA) is 74.6 Å². The van der Waals surface area contributed by atoms with Crippen molar-refractivity contribution in [3.8, 4) is 0 Å². The smallest absolute Gasteiger partial charge is 0.310 e. The van der Waals surface area contributed by atoms with Gasteiger partial charge in [-0.15, -0.1) is 0 Å². The minimum Gasteiger partial charge on any atom is -0.481 e. The highest BCUT2D eigenvalue weighted by Gasteiger charge is 2.23. The fourth-order valence-electron chi connectivity index (χ4n) is 1.43. The zero-order valence-electron chi connectivity index (χ0n) is 7.14. The fourth-order valence-corrected chi connectivity index (χ4v) is 1.43. The van der Waals surface area contributed by atoms with Gasteiger partial charge in [0.25, 0.3) is 0 Å². The molecule has 13 heavy (non-hydrogen) atoms. The van der Waals surface area contributed by atoms with Crippen LogP contribution in [0.1, 0.15) is 19.3 Å². The number of rotatable bonds is 2. The average molecular weight is 184 g/mol. The second-order valence-electron chi connectivity index (χ2n) is 3.22. The Morgan fingerprint density at radius 1 is 1.15 bits per heavy atom. The minimum absolute atomic E-state index is 0.416. The van der Waals surface area contributed by atoms with Crippen LogP contribution >= 0.6 is 0 Å². The molecule has 1 aliphatic rings. The van der Waals surface area contributed by atoms with Gasteiger partial charge in [0.1, 0.15) is 0 Å². The summed E-state index contributed by atoms with van der Waals surface area (Å²) in [5.41, 5.74) is 0. The van der Waals surface area contributed by atoms with Gasteiger partial charge < -0.3 is 10.2 Å². The van der Waals surface area contributed by atoms with E-state index in [1.807, 2.05) is 0 Å². The van der Waals surface area contributed by atoms with Crippen molar-refractivity contribution < 1.29 is 19.8 Å². The van der Waals surface area contributed by atoms with E-state index in [1.54, 1.807) is 12.2 Å². The van der Waals surface area contributed by atoms with Gasteiger partial charge in [0.15, 0.2) is 0 Å². The SMILES string of the molecule is O=C(O)C1C=CCC(C(=O)O)CC1. The van der Waals surface area contributed by atoms with Gasteiger partial charge in [0.2, 0.25) is 0 Å². The standard InChI is InChI=1S/C9H12O4/c10-8(11)6-2-1-3-7(5-4-6)9(12)13/h1-2,6-7H,3-5H2,(H,10,11)(H,12,13). The van der Waals surface area contributed by atoms with Crippen molar-refractivity contribution in [1.29, 1.82) is 0 Å². The summed E-state index contributed by atoms with van der Waals surface area (Å²) in [6.45, 7) is 0. The second-order valence-corrected chi connectivity index (χ2v) is 3.22. The van der Waals surface area contributed by atoms with E-state index in [1.165, 1.54) is 0 Å². The average Bonchev–Trinajstić information content (AvgIpc) is 2.27. The minimum atomic E-state index is -0.873. The van der Waals surface area contributed by atoms with Crippen molar-refractivity contribution in [2.75, 3.05) is 0 Å². The third kappa shape index (κ3) is 2.57. The summed E-state index contributed by atoms with van der Waals surface area (Å²) in [5, 5.41) is 17.4. The Morgan fingerprint density at radius 3 is 2.38 bits per heavy atom. The molecule has 0 aromatic carbocycles. The first kappa shape index (κ1) is 9.77. The largest absolute Gasteiger partial charge is 0.481 e. The first-order chi connectivity index (χ1) is 6.11. The molecule has 1 aliphatic carbocycles. The van der Waals surface area contributed by atoms with Gasteiger partial charge in [0.05, 0.1) is 11.8 Å². The van der Waals surface area contributed by atoms with E-state index in [2.05, 4.69) is 0 Å². The summed E-state index contributed by atoms with van der Waals surface area (Å²) in [4.78, 5) is 21.2. The first-order valence-electron chi connectivity index (χ1n) is 4.23. The van der Waals surface area contributed by atoms with Crippen molar-refractivity contribution in [2.45, 2.75) is 19.3 Å². The molecule has 0 saturated carbocycles. The molecule has 0 aliphatic heterocycles. The molecule has 4 nitrogen and oxygen atoms in total. The molecular formula is C9H12O4. The molecule has 0 heterocycles. The molecule has 1 rings (SSSR count). The highest BCUT2D eigenvalue weighted by atomic mass is 16.4. The van der Waals surface area contributed by atoms with E-state index >= 15 is 0 Å². The summed E-state index contributed by atoms with van der Waals surface area (Å²) in [6, 6.07) is 0. The number of carboxylic acids is 2. The molecule has 0 aromatic rings. The molecule has 0 aromatic heterocycles. The Morgan fingerprint density at radius 2 is 1.85 bits per heavy atom. The third-order valence-electron chi connectivity index (χ3n) is 2.28. The van der Waals surface area contributed by atoms with Crippen LogP contribution in [0.2, 0.25) is 0 Å². The predicted molar refractivity (Wildman–Crippen MR) is 45.2 cm³/mol. The molecule has 0 spiro atoms. The molecule has 2 unspecified atom stereocenters. The molecule has 72 valence electrons. The molecule has 0 amide bonds. The van der Waals surface area contributed by atoms with Crippen LogP contribution in [-0.2, 0) is 9.59 Å². The van der Waals surface area contributed by atoms with Gasteiger partial charge in [-0.1, -0.05) is 12.2 Å². The number of allylic oxidation sites excluding steroid dienone is 1. The fraction of sp³-hybridized carbons (Fsp3) is 0.556. The van der Waals surface area contributed by atoms with Gasteiger partial charge in [-0.3, -0.25) is 9.59 Å². The van der Waals surface area contributed by atoms with Crippen LogP contribution in [0.5, 0.6) is 0 Å². The lowest BCUT2D eigenvalue weighted by molar-refractivity contribution is -0.143. The quantitative estimate of drug-likeness (QED) is 0.631. The number of aliphatic carboxylic acids is 2. The van der Waals surface area contributed by atoms with E-state index in [9.17, 15) is 9.59 Å². The van der Waals surface area contributed by atoms with E-state index in [4.69, 9.17) is 10.2 Å². The molecule has 0 saturated heterocycles. The van der Waals surface area contributed by atoms with Crippen molar-refractivity contribution in [1.82, 2.24) is 0 Å². The lowest BCUT2D eigenvalue weighted by Gasteiger charge is -2.07. The molecule has 0 bridgehead atoms. The van der Waals surface area contributed by atoms with Crippen LogP contribution in [0.15, 0.2) is 12.2 Å². The van der Waals surface area contributed by atoms with E-state index < -0.39 is 23.8 Å².